The Morgan fingerprint density at radius 1 is 0.935 bits per heavy atom. The molecule has 1 aromatic heterocycles. The highest BCUT2D eigenvalue weighted by molar-refractivity contribution is 5.90. The molecular weight excluding hydrogens is 386 g/mol. The van der Waals surface area contributed by atoms with Crippen molar-refractivity contribution in [3.8, 4) is 5.75 Å². The molecule has 6 nitrogen and oxygen atoms in total. The third-order valence-electron chi connectivity index (χ3n) is 5.92. The molecule has 164 valence electrons. The number of ether oxygens (including phenoxy) is 1. The number of nitrogens with zero attached hydrogens (tertiary/aromatic N) is 3. The van der Waals surface area contributed by atoms with Crippen LogP contribution in [0.15, 0.2) is 48.5 Å². The average molecular weight is 420 g/mol. The summed E-state index contributed by atoms with van der Waals surface area (Å²) in [6, 6.07) is 17.4. The van der Waals surface area contributed by atoms with Crippen molar-refractivity contribution in [1.29, 1.82) is 0 Å². The van der Waals surface area contributed by atoms with Gasteiger partial charge < -0.3 is 20.3 Å². The smallest absolute Gasteiger partial charge is 0.225 e. The first kappa shape index (κ1) is 21.4. The molecule has 0 atom stereocenters. The minimum Gasteiger partial charge on any atom is -0.494 e. The van der Waals surface area contributed by atoms with Crippen LogP contribution >= 0.6 is 0 Å². The van der Waals surface area contributed by atoms with Gasteiger partial charge in [0.1, 0.15) is 11.6 Å². The summed E-state index contributed by atoms with van der Waals surface area (Å²) < 4.78 is 5.75. The molecule has 6 heteroatoms. The first-order valence-electron chi connectivity index (χ1n) is 11.3. The summed E-state index contributed by atoms with van der Waals surface area (Å²) in [5, 5.41) is 8.40. The number of para-hydroxylation sites is 2. The van der Waals surface area contributed by atoms with E-state index in [9.17, 15) is 0 Å². The first-order chi connectivity index (χ1) is 15.1. The highest BCUT2D eigenvalue weighted by Crippen LogP contribution is 2.27. The van der Waals surface area contributed by atoms with Crippen molar-refractivity contribution in [2.75, 3.05) is 30.9 Å². The molecule has 4 rings (SSSR count). The quantitative estimate of drug-likeness (QED) is 0.556. The molecule has 1 aliphatic rings. The Kier molecular flexibility index (Phi) is 6.87. The summed E-state index contributed by atoms with van der Waals surface area (Å²) in [5.74, 6) is 2.67. The number of anilines is 2. The lowest BCUT2D eigenvalue weighted by atomic mass is 9.91. The molecule has 1 fully saturated rings. The summed E-state index contributed by atoms with van der Waals surface area (Å²) in [4.78, 5) is 11.6. The average Bonchev–Trinajstić information content (AvgIpc) is 2.79. The van der Waals surface area contributed by atoms with Crippen LogP contribution in [0.4, 0.5) is 11.8 Å². The van der Waals surface area contributed by atoms with Gasteiger partial charge in [0.15, 0.2) is 0 Å². The maximum absolute atomic E-state index is 5.75. The Bertz CT molecular complexity index is 998. The van der Waals surface area contributed by atoms with E-state index in [4.69, 9.17) is 14.7 Å². The van der Waals surface area contributed by atoms with Crippen molar-refractivity contribution in [3.63, 3.8) is 0 Å². The summed E-state index contributed by atoms with van der Waals surface area (Å²) in [6.45, 7) is 3.57. The molecule has 3 aromatic rings. The van der Waals surface area contributed by atoms with Gasteiger partial charge >= 0.3 is 0 Å². The number of fused-ring (bicyclic) bond motifs is 1. The number of rotatable bonds is 8. The van der Waals surface area contributed by atoms with Gasteiger partial charge in [-0.1, -0.05) is 30.3 Å². The molecule has 0 bridgehead atoms. The van der Waals surface area contributed by atoms with Crippen molar-refractivity contribution >= 4 is 22.7 Å². The molecule has 1 saturated carbocycles. The lowest BCUT2D eigenvalue weighted by molar-refractivity contribution is 0.327. The van der Waals surface area contributed by atoms with Crippen molar-refractivity contribution in [2.45, 2.75) is 51.2 Å². The van der Waals surface area contributed by atoms with Gasteiger partial charge in [-0.3, -0.25) is 0 Å². The van der Waals surface area contributed by atoms with Crippen LogP contribution in [0.2, 0.25) is 0 Å². The van der Waals surface area contributed by atoms with Crippen LogP contribution in [-0.2, 0) is 6.54 Å². The van der Waals surface area contributed by atoms with Crippen LogP contribution in [0.25, 0.3) is 10.9 Å². The molecule has 31 heavy (non-hydrogen) atoms. The van der Waals surface area contributed by atoms with E-state index in [1.807, 2.05) is 45.3 Å². The van der Waals surface area contributed by atoms with Gasteiger partial charge in [-0.05, 0) is 50.8 Å². The zero-order chi connectivity index (χ0) is 21.6. The summed E-state index contributed by atoms with van der Waals surface area (Å²) in [7, 11) is 4.05. The van der Waals surface area contributed by atoms with E-state index in [2.05, 4.69) is 39.8 Å². The van der Waals surface area contributed by atoms with Crippen LogP contribution in [-0.4, -0.2) is 42.8 Å². The van der Waals surface area contributed by atoms with Crippen molar-refractivity contribution < 1.29 is 4.74 Å². The van der Waals surface area contributed by atoms with Crippen molar-refractivity contribution in [2.24, 2.45) is 0 Å². The van der Waals surface area contributed by atoms with E-state index < -0.39 is 0 Å². The van der Waals surface area contributed by atoms with Crippen LogP contribution in [0.5, 0.6) is 5.75 Å². The molecule has 0 saturated heterocycles. The largest absolute Gasteiger partial charge is 0.494 e. The summed E-state index contributed by atoms with van der Waals surface area (Å²) >= 11 is 0. The fourth-order valence-corrected chi connectivity index (χ4v) is 4.29. The molecular formula is C25H33N5O. The van der Waals surface area contributed by atoms with Crippen molar-refractivity contribution in [3.05, 3.63) is 54.1 Å². The normalized spacial score (nSPS) is 18.7. The molecule has 2 aromatic carbocycles. The van der Waals surface area contributed by atoms with Gasteiger partial charge in [-0.25, -0.2) is 4.98 Å². The number of nitrogens with one attached hydrogen (secondary N) is 2. The zero-order valence-electron chi connectivity index (χ0n) is 18.8. The Balaban J connectivity index is 1.34. The van der Waals surface area contributed by atoms with E-state index >= 15 is 0 Å². The SMILES string of the molecule is CCOc1ccccc1CNC1CCC(Nc2nc(N(C)C)c3ccccc3n2)CC1. The summed E-state index contributed by atoms with van der Waals surface area (Å²) in [5.41, 5.74) is 2.21. The monoisotopic (exact) mass is 419 g/mol. The minimum absolute atomic E-state index is 0.407. The highest BCUT2D eigenvalue weighted by atomic mass is 16.5. The molecule has 0 amide bonds. The van der Waals surface area contributed by atoms with E-state index in [1.54, 1.807) is 0 Å². The molecule has 2 N–H and O–H groups in total. The van der Waals surface area contributed by atoms with E-state index in [0.717, 1.165) is 60.6 Å². The fourth-order valence-electron chi connectivity index (χ4n) is 4.29. The Hall–Kier alpha value is -2.86. The maximum Gasteiger partial charge on any atom is 0.225 e. The second kappa shape index (κ2) is 9.96. The number of benzene rings is 2. The van der Waals surface area contributed by atoms with Crippen LogP contribution in [0.3, 0.4) is 0 Å². The van der Waals surface area contributed by atoms with E-state index in [0.29, 0.717) is 18.7 Å². The van der Waals surface area contributed by atoms with Crippen LogP contribution in [0.1, 0.15) is 38.2 Å². The van der Waals surface area contributed by atoms with E-state index in [-0.39, 0.29) is 0 Å². The molecule has 0 spiro atoms. The second-order valence-corrected chi connectivity index (χ2v) is 8.40. The van der Waals surface area contributed by atoms with Gasteiger partial charge in [-0.15, -0.1) is 0 Å². The Morgan fingerprint density at radius 3 is 2.42 bits per heavy atom. The van der Waals surface area contributed by atoms with Gasteiger partial charge in [0, 0.05) is 43.7 Å². The first-order valence-corrected chi connectivity index (χ1v) is 11.3. The van der Waals surface area contributed by atoms with Gasteiger partial charge in [0.2, 0.25) is 5.95 Å². The van der Waals surface area contributed by atoms with Gasteiger partial charge in [0.25, 0.3) is 0 Å². The molecule has 1 heterocycles. The highest BCUT2D eigenvalue weighted by Gasteiger charge is 2.22. The molecule has 0 aliphatic heterocycles. The fraction of sp³-hybridized carbons (Fsp3) is 0.440. The van der Waals surface area contributed by atoms with Crippen LogP contribution in [0, 0.1) is 0 Å². The lowest BCUT2D eigenvalue weighted by Gasteiger charge is -2.30. The van der Waals surface area contributed by atoms with E-state index in [1.165, 1.54) is 5.56 Å². The topological polar surface area (TPSA) is 62.3 Å². The van der Waals surface area contributed by atoms with Gasteiger partial charge in [-0.2, -0.15) is 4.98 Å². The Labute approximate surface area is 185 Å². The van der Waals surface area contributed by atoms with Gasteiger partial charge in [0.05, 0.1) is 12.1 Å². The van der Waals surface area contributed by atoms with Crippen molar-refractivity contribution in [1.82, 2.24) is 15.3 Å². The molecule has 1 aliphatic carbocycles. The predicted molar refractivity (Wildman–Crippen MR) is 128 cm³/mol. The van der Waals surface area contributed by atoms with Crippen LogP contribution < -0.4 is 20.3 Å². The minimum atomic E-state index is 0.407. The summed E-state index contributed by atoms with van der Waals surface area (Å²) in [6.07, 6.45) is 4.50. The zero-order valence-corrected chi connectivity index (χ0v) is 18.8. The Morgan fingerprint density at radius 2 is 1.65 bits per heavy atom. The maximum atomic E-state index is 5.75. The lowest BCUT2D eigenvalue weighted by Crippen LogP contribution is -2.37. The number of aromatic nitrogens is 2. The number of hydrogen-bond acceptors (Lipinski definition) is 6. The third-order valence-corrected chi connectivity index (χ3v) is 5.92. The standard InChI is InChI=1S/C25H33N5O/c1-4-31-23-12-8-5-9-18(23)17-26-19-13-15-20(16-14-19)27-25-28-22-11-7-6-10-21(22)24(29-25)30(2)3/h5-12,19-20,26H,4,13-17H2,1-3H3,(H,27,28,29). The predicted octanol–water partition coefficient (Wildman–Crippen LogP) is 4.61. The number of hydrogen-bond donors (Lipinski definition) is 2. The third kappa shape index (κ3) is 5.25. The second-order valence-electron chi connectivity index (χ2n) is 8.40. The molecule has 0 radical (unpaired) electrons. The molecule has 0 unspecified atom stereocenters.